The maximum Gasteiger partial charge on any atom is 0.435 e. The second-order valence-electron chi connectivity index (χ2n) is 7.41. The number of likely N-dealkylation sites (tertiary alicyclic amines) is 1. The van der Waals surface area contributed by atoms with Gasteiger partial charge in [0.2, 0.25) is 0 Å². The second-order valence-corrected chi connectivity index (χ2v) is 7.41. The number of piperazine rings is 1. The molecule has 0 aliphatic carbocycles. The molecule has 0 N–H and O–H groups in total. The highest BCUT2D eigenvalue weighted by Crippen LogP contribution is 2.35. The van der Waals surface area contributed by atoms with Crippen LogP contribution in [0.25, 0.3) is 0 Å². The van der Waals surface area contributed by atoms with Gasteiger partial charge in [0.15, 0.2) is 5.69 Å². The molecule has 1 atom stereocenters. The first kappa shape index (κ1) is 19.2. The first-order valence-electron chi connectivity index (χ1n) is 9.01. The van der Waals surface area contributed by atoms with Crippen molar-refractivity contribution in [3.05, 3.63) is 17.0 Å². The van der Waals surface area contributed by atoms with Gasteiger partial charge in [-0.3, -0.25) is 9.48 Å². The molecule has 0 spiro atoms. The Morgan fingerprint density at radius 1 is 1.08 bits per heavy atom. The quantitative estimate of drug-likeness (QED) is 0.794. The summed E-state index contributed by atoms with van der Waals surface area (Å²) in [4.78, 5) is 18.6. The zero-order chi connectivity index (χ0) is 19.1. The van der Waals surface area contributed by atoms with Crippen molar-refractivity contribution in [2.75, 3.05) is 53.4 Å². The monoisotopic (exact) mass is 373 g/mol. The topological polar surface area (TPSA) is 44.6 Å². The number of piperidine rings is 1. The number of aromatic nitrogens is 2. The molecule has 6 nitrogen and oxygen atoms in total. The third-order valence-corrected chi connectivity index (χ3v) is 5.37. The standard InChI is InChI=1S/C17H26F3N5O/c1-12-14(16(26)24-9-7-22(2)8-10-24)15(17(18,19)20)21-25(12)13-5-4-6-23(3)11-13/h13H,4-11H2,1-3H3. The summed E-state index contributed by atoms with van der Waals surface area (Å²) in [7, 11) is 3.89. The van der Waals surface area contributed by atoms with Gasteiger partial charge < -0.3 is 14.7 Å². The summed E-state index contributed by atoms with van der Waals surface area (Å²) >= 11 is 0. The molecule has 2 aliphatic rings. The van der Waals surface area contributed by atoms with Crippen LogP contribution in [-0.2, 0) is 6.18 Å². The number of alkyl halides is 3. The molecule has 9 heteroatoms. The Balaban J connectivity index is 1.96. The van der Waals surface area contributed by atoms with Crippen molar-refractivity contribution >= 4 is 5.91 Å². The Morgan fingerprint density at radius 3 is 2.31 bits per heavy atom. The van der Waals surface area contributed by atoms with Gasteiger partial charge in [0, 0.05) is 38.4 Å². The van der Waals surface area contributed by atoms with Crippen molar-refractivity contribution in [3.8, 4) is 0 Å². The number of rotatable bonds is 2. The minimum absolute atomic E-state index is 0.135. The zero-order valence-corrected chi connectivity index (χ0v) is 15.5. The van der Waals surface area contributed by atoms with E-state index in [-0.39, 0.29) is 11.6 Å². The first-order chi connectivity index (χ1) is 12.2. The molecular weight excluding hydrogens is 347 g/mol. The van der Waals surface area contributed by atoms with Crippen molar-refractivity contribution < 1.29 is 18.0 Å². The van der Waals surface area contributed by atoms with Crippen molar-refractivity contribution in [2.45, 2.75) is 32.0 Å². The maximum atomic E-state index is 13.6. The van der Waals surface area contributed by atoms with Crippen LogP contribution in [0, 0.1) is 6.92 Å². The lowest BCUT2D eigenvalue weighted by atomic mass is 10.1. The van der Waals surface area contributed by atoms with Gasteiger partial charge in [-0.1, -0.05) is 0 Å². The van der Waals surface area contributed by atoms with Crippen LogP contribution in [0.2, 0.25) is 0 Å². The fourth-order valence-corrected chi connectivity index (χ4v) is 3.84. The van der Waals surface area contributed by atoms with Crippen LogP contribution in [0.4, 0.5) is 13.2 Å². The lowest BCUT2D eigenvalue weighted by molar-refractivity contribution is -0.142. The number of hydrogen-bond donors (Lipinski definition) is 0. The van der Waals surface area contributed by atoms with Crippen LogP contribution in [0.1, 0.15) is 40.6 Å². The molecule has 0 aromatic carbocycles. The van der Waals surface area contributed by atoms with Gasteiger partial charge in [-0.05, 0) is 40.4 Å². The molecule has 0 saturated carbocycles. The fourth-order valence-electron chi connectivity index (χ4n) is 3.84. The van der Waals surface area contributed by atoms with Gasteiger partial charge in [0.25, 0.3) is 5.91 Å². The molecule has 2 saturated heterocycles. The lowest BCUT2D eigenvalue weighted by Crippen LogP contribution is -2.47. The number of carbonyl (C=O) groups is 1. The highest BCUT2D eigenvalue weighted by Gasteiger charge is 2.42. The molecule has 2 aliphatic heterocycles. The number of likely N-dealkylation sites (N-methyl/N-ethyl adjacent to an activating group) is 2. The third-order valence-electron chi connectivity index (χ3n) is 5.37. The maximum absolute atomic E-state index is 13.6. The van der Waals surface area contributed by atoms with Gasteiger partial charge in [0.1, 0.15) is 0 Å². The van der Waals surface area contributed by atoms with Gasteiger partial charge >= 0.3 is 6.18 Å². The summed E-state index contributed by atoms with van der Waals surface area (Å²) in [5.41, 5.74) is -1.01. The number of amides is 1. The molecule has 1 amide bonds. The van der Waals surface area contributed by atoms with Crippen molar-refractivity contribution in [1.29, 1.82) is 0 Å². The summed E-state index contributed by atoms with van der Waals surface area (Å²) in [5, 5.41) is 3.88. The first-order valence-corrected chi connectivity index (χ1v) is 9.01. The largest absolute Gasteiger partial charge is 0.435 e. The molecule has 3 rings (SSSR count). The van der Waals surface area contributed by atoms with Crippen molar-refractivity contribution in [3.63, 3.8) is 0 Å². The summed E-state index contributed by atoms with van der Waals surface area (Å²) in [5.74, 6) is -0.557. The normalized spacial score (nSPS) is 23.5. The highest BCUT2D eigenvalue weighted by atomic mass is 19.4. The minimum Gasteiger partial charge on any atom is -0.336 e. The molecule has 1 unspecified atom stereocenters. The SMILES string of the molecule is Cc1c(C(=O)N2CCN(C)CC2)c(C(F)(F)F)nn1C1CCCN(C)C1. The summed E-state index contributed by atoms with van der Waals surface area (Å²) in [6.45, 7) is 5.34. The Morgan fingerprint density at radius 2 is 1.73 bits per heavy atom. The number of carbonyl (C=O) groups excluding carboxylic acids is 1. The summed E-state index contributed by atoms with van der Waals surface area (Å²) in [6, 6.07) is -0.135. The molecule has 146 valence electrons. The second kappa shape index (κ2) is 7.19. The average Bonchev–Trinajstić information content (AvgIpc) is 2.92. The molecular formula is C17H26F3N5O. The molecule has 26 heavy (non-hydrogen) atoms. The highest BCUT2D eigenvalue weighted by molar-refractivity contribution is 5.96. The van der Waals surface area contributed by atoms with E-state index in [0.29, 0.717) is 38.4 Å². The van der Waals surface area contributed by atoms with E-state index in [4.69, 9.17) is 0 Å². The van der Waals surface area contributed by atoms with Crippen LogP contribution in [0.5, 0.6) is 0 Å². The lowest BCUT2D eigenvalue weighted by Gasteiger charge is -2.33. The van der Waals surface area contributed by atoms with Gasteiger partial charge in [-0.2, -0.15) is 18.3 Å². The van der Waals surface area contributed by atoms with Crippen LogP contribution in [0.3, 0.4) is 0 Å². The predicted molar refractivity (Wildman–Crippen MR) is 91.1 cm³/mol. The van der Waals surface area contributed by atoms with Crippen LogP contribution in [0.15, 0.2) is 0 Å². The smallest absolute Gasteiger partial charge is 0.336 e. The van der Waals surface area contributed by atoms with E-state index in [1.54, 1.807) is 6.92 Å². The van der Waals surface area contributed by atoms with E-state index in [9.17, 15) is 18.0 Å². The minimum atomic E-state index is -4.64. The molecule has 1 aromatic heterocycles. The molecule has 3 heterocycles. The number of halogens is 3. The number of hydrogen-bond acceptors (Lipinski definition) is 4. The Hall–Kier alpha value is -1.61. The summed E-state index contributed by atoms with van der Waals surface area (Å²) < 4.78 is 42.3. The molecule has 1 aromatic rings. The van der Waals surface area contributed by atoms with Gasteiger partial charge in [-0.15, -0.1) is 0 Å². The molecule has 2 fully saturated rings. The molecule has 0 radical (unpaired) electrons. The van der Waals surface area contributed by atoms with Gasteiger partial charge in [-0.25, -0.2) is 0 Å². The fraction of sp³-hybridized carbons (Fsp3) is 0.765. The van der Waals surface area contributed by atoms with Crippen LogP contribution < -0.4 is 0 Å². The number of nitrogens with zero attached hydrogens (tertiary/aromatic N) is 5. The molecule has 0 bridgehead atoms. The summed E-state index contributed by atoms with van der Waals surface area (Å²) in [6.07, 6.45) is -2.97. The van der Waals surface area contributed by atoms with E-state index in [1.807, 2.05) is 14.1 Å². The van der Waals surface area contributed by atoms with Gasteiger partial charge in [0.05, 0.1) is 11.6 Å². The van der Waals surface area contributed by atoms with Crippen LogP contribution in [-0.4, -0.2) is 83.8 Å². The third kappa shape index (κ3) is 3.73. The van der Waals surface area contributed by atoms with E-state index >= 15 is 0 Å². The van der Waals surface area contributed by atoms with Crippen molar-refractivity contribution in [2.24, 2.45) is 0 Å². The predicted octanol–water partition coefficient (Wildman–Crippen LogP) is 1.86. The van der Waals surface area contributed by atoms with E-state index in [1.165, 1.54) is 9.58 Å². The Kier molecular flexibility index (Phi) is 5.30. The van der Waals surface area contributed by atoms with E-state index < -0.39 is 17.8 Å². The Bertz CT molecular complexity index is 664. The van der Waals surface area contributed by atoms with E-state index in [0.717, 1.165) is 19.4 Å². The van der Waals surface area contributed by atoms with Crippen LogP contribution >= 0.6 is 0 Å². The Labute approximate surface area is 151 Å². The van der Waals surface area contributed by atoms with Crippen molar-refractivity contribution in [1.82, 2.24) is 24.5 Å². The average molecular weight is 373 g/mol. The zero-order valence-electron chi connectivity index (χ0n) is 15.5. The van der Waals surface area contributed by atoms with E-state index in [2.05, 4.69) is 14.9 Å².